The number of carbonyl (C=O) groups is 1. The molecule has 134 valence electrons. The molecule has 0 radical (unpaired) electrons. The predicted molar refractivity (Wildman–Crippen MR) is 103 cm³/mol. The van der Waals surface area contributed by atoms with Gasteiger partial charge in [-0.1, -0.05) is 35.2 Å². The molecule has 0 spiro atoms. The van der Waals surface area contributed by atoms with Crippen LogP contribution in [0.5, 0.6) is 0 Å². The third-order valence-electron chi connectivity index (χ3n) is 4.58. The van der Waals surface area contributed by atoms with Crippen LogP contribution in [-0.4, -0.2) is 26.0 Å². The van der Waals surface area contributed by atoms with Gasteiger partial charge in [-0.05, 0) is 38.0 Å². The molecule has 0 aliphatic heterocycles. The zero-order valence-electron chi connectivity index (χ0n) is 14.1. The number of nitrogens with zero attached hydrogens (tertiary/aromatic N) is 2. The summed E-state index contributed by atoms with van der Waals surface area (Å²) in [5, 5.41) is 8.97. The minimum Gasteiger partial charge on any atom is -0.481 e. The fraction of sp³-hybridized carbons (Fsp3) is 0.444. The molecular weight excluding hydrogens is 404 g/mol. The van der Waals surface area contributed by atoms with Crippen molar-refractivity contribution in [1.29, 1.82) is 0 Å². The van der Waals surface area contributed by atoms with E-state index in [0.29, 0.717) is 0 Å². The molecule has 1 N–H and O–H groups in total. The molecule has 0 atom stereocenters. The van der Waals surface area contributed by atoms with Gasteiger partial charge in [0.2, 0.25) is 0 Å². The molecule has 1 saturated carbocycles. The van der Waals surface area contributed by atoms with E-state index in [1.165, 1.54) is 31.0 Å². The lowest BCUT2D eigenvalue weighted by Gasteiger charge is -2.23. The van der Waals surface area contributed by atoms with Gasteiger partial charge in [0.15, 0.2) is 0 Å². The molecular formula is C18H21BrN2O3S. The van der Waals surface area contributed by atoms with Gasteiger partial charge in [0.05, 0.1) is 11.4 Å². The van der Waals surface area contributed by atoms with Crippen molar-refractivity contribution in [1.82, 2.24) is 9.13 Å². The summed E-state index contributed by atoms with van der Waals surface area (Å²) >= 11 is 4.65. The fourth-order valence-electron chi connectivity index (χ4n) is 3.47. The number of aliphatic carboxylic acids is 1. The van der Waals surface area contributed by atoms with Crippen LogP contribution in [0.3, 0.4) is 0 Å². The van der Waals surface area contributed by atoms with Crippen LogP contribution in [0.2, 0.25) is 0 Å². The minimum absolute atomic E-state index is 0.0381. The van der Waals surface area contributed by atoms with E-state index in [0.717, 1.165) is 33.6 Å². The van der Waals surface area contributed by atoms with E-state index in [4.69, 9.17) is 5.11 Å². The Balaban J connectivity index is 2.02. The van der Waals surface area contributed by atoms with Crippen molar-refractivity contribution in [3.63, 3.8) is 0 Å². The first-order chi connectivity index (χ1) is 12.0. The van der Waals surface area contributed by atoms with Gasteiger partial charge in [-0.3, -0.25) is 13.9 Å². The van der Waals surface area contributed by atoms with Crippen molar-refractivity contribution in [2.75, 3.05) is 5.75 Å². The number of imidazole rings is 1. The highest BCUT2D eigenvalue weighted by Gasteiger charge is 2.21. The normalized spacial score (nSPS) is 15.4. The second-order valence-corrected chi connectivity index (χ2v) is 8.31. The Morgan fingerprint density at radius 3 is 2.72 bits per heavy atom. The standard InChI is InChI=1S/C18H21BrN2O3S/c1-12-10-20(18(24)21(12)14-5-3-2-4-6-14)15-8-7-13(19)9-16(15)25-11-17(22)23/h7-10,14H,2-6,11H2,1H3,(H,22,23). The first-order valence-electron chi connectivity index (χ1n) is 8.42. The SMILES string of the molecule is Cc1cn(-c2ccc(Br)cc2SCC(=O)O)c(=O)n1C1CCCCC1. The monoisotopic (exact) mass is 424 g/mol. The number of thioether (sulfide) groups is 1. The summed E-state index contributed by atoms with van der Waals surface area (Å²) in [6, 6.07) is 5.87. The Morgan fingerprint density at radius 1 is 1.32 bits per heavy atom. The summed E-state index contributed by atoms with van der Waals surface area (Å²) < 4.78 is 4.42. The number of hydrogen-bond acceptors (Lipinski definition) is 3. The van der Waals surface area contributed by atoms with E-state index in [9.17, 15) is 9.59 Å². The van der Waals surface area contributed by atoms with Crippen LogP contribution < -0.4 is 5.69 Å². The van der Waals surface area contributed by atoms with Crippen molar-refractivity contribution in [2.24, 2.45) is 0 Å². The van der Waals surface area contributed by atoms with Crippen LogP contribution in [-0.2, 0) is 4.79 Å². The maximum Gasteiger partial charge on any atom is 0.333 e. The molecule has 0 bridgehead atoms. The highest BCUT2D eigenvalue weighted by atomic mass is 79.9. The van der Waals surface area contributed by atoms with Crippen LogP contribution in [0.25, 0.3) is 5.69 Å². The van der Waals surface area contributed by atoms with Crippen molar-refractivity contribution in [3.8, 4) is 5.69 Å². The lowest BCUT2D eigenvalue weighted by atomic mass is 9.95. The number of carboxylic acids is 1. The molecule has 7 heteroatoms. The Kier molecular flexibility index (Phi) is 5.74. The average molecular weight is 425 g/mol. The summed E-state index contributed by atoms with van der Waals surface area (Å²) in [5.41, 5.74) is 1.65. The van der Waals surface area contributed by atoms with Crippen LogP contribution in [0.4, 0.5) is 0 Å². The lowest BCUT2D eigenvalue weighted by molar-refractivity contribution is -0.133. The maximum atomic E-state index is 13.1. The van der Waals surface area contributed by atoms with Gasteiger partial charge in [-0.2, -0.15) is 0 Å². The van der Waals surface area contributed by atoms with E-state index in [1.807, 2.05) is 35.9 Å². The number of halogens is 1. The zero-order chi connectivity index (χ0) is 18.0. The van der Waals surface area contributed by atoms with Gasteiger partial charge in [0, 0.05) is 27.3 Å². The Bertz CT molecular complexity index is 837. The molecule has 1 aliphatic carbocycles. The van der Waals surface area contributed by atoms with Gasteiger partial charge in [-0.15, -0.1) is 11.8 Å². The number of carboxylic acid groups (broad SMARTS) is 1. The average Bonchev–Trinajstić information content (AvgIpc) is 2.88. The molecule has 1 heterocycles. The molecule has 2 aromatic rings. The van der Waals surface area contributed by atoms with E-state index in [2.05, 4.69) is 15.9 Å². The Hall–Kier alpha value is -1.47. The van der Waals surface area contributed by atoms with E-state index in [-0.39, 0.29) is 17.5 Å². The van der Waals surface area contributed by atoms with Crippen LogP contribution in [0.15, 0.2) is 38.6 Å². The van der Waals surface area contributed by atoms with Gasteiger partial charge in [-0.25, -0.2) is 4.79 Å². The number of hydrogen-bond donors (Lipinski definition) is 1. The largest absolute Gasteiger partial charge is 0.481 e. The van der Waals surface area contributed by atoms with Crippen molar-refractivity contribution in [2.45, 2.75) is 50.0 Å². The minimum atomic E-state index is -0.876. The van der Waals surface area contributed by atoms with E-state index >= 15 is 0 Å². The molecule has 3 rings (SSSR count). The van der Waals surface area contributed by atoms with Crippen LogP contribution in [0, 0.1) is 6.92 Å². The molecule has 0 saturated heterocycles. The van der Waals surface area contributed by atoms with E-state index in [1.54, 1.807) is 4.57 Å². The molecule has 1 fully saturated rings. The lowest BCUT2D eigenvalue weighted by Crippen LogP contribution is -2.28. The van der Waals surface area contributed by atoms with Crippen LogP contribution >= 0.6 is 27.7 Å². The van der Waals surface area contributed by atoms with Gasteiger partial charge >= 0.3 is 11.7 Å². The molecule has 0 unspecified atom stereocenters. The Labute approximate surface area is 159 Å². The van der Waals surface area contributed by atoms with E-state index < -0.39 is 5.97 Å². The van der Waals surface area contributed by atoms with Gasteiger partial charge in [0.25, 0.3) is 0 Å². The molecule has 25 heavy (non-hydrogen) atoms. The van der Waals surface area contributed by atoms with Gasteiger partial charge in [0.1, 0.15) is 0 Å². The van der Waals surface area contributed by atoms with Gasteiger partial charge < -0.3 is 5.11 Å². The predicted octanol–water partition coefficient (Wildman–Crippen LogP) is 4.39. The fourth-order valence-corrected chi connectivity index (χ4v) is 4.79. The summed E-state index contributed by atoms with van der Waals surface area (Å²) in [5.74, 6) is -0.917. The number of rotatable bonds is 5. The van der Waals surface area contributed by atoms with Crippen LogP contribution in [0.1, 0.15) is 43.8 Å². The third-order valence-corrected chi connectivity index (χ3v) is 6.10. The molecule has 1 aromatic carbocycles. The second kappa shape index (κ2) is 7.83. The summed E-state index contributed by atoms with van der Waals surface area (Å²) in [6.07, 6.45) is 7.54. The molecule has 1 aromatic heterocycles. The quantitative estimate of drug-likeness (QED) is 0.722. The van der Waals surface area contributed by atoms with Crippen molar-refractivity contribution < 1.29 is 9.90 Å². The number of benzene rings is 1. The first-order valence-corrected chi connectivity index (χ1v) is 10.2. The number of aromatic nitrogens is 2. The third kappa shape index (κ3) is 4.03. The topological polar surface area (TPSA) is 64.2 Å². The molecule has 1 aliphatic rings. The van der Waals surface area contributed by atoms with Crippen molar-refractivity contribution >= 4 is 33.7 Å². The molecule has 0 amide bonds. The smallest absolute Gasteiger partial charge is 0.333 e. The highest BCUT2D eigenvalue weighted by molar-refractivity contribution is 9.10. The zero-order valence-corrected chi connectivity index (χ0v) is 16.5. The summed E-state index contributed by atoms with van der Waals surface area (Å²) in [6.45, 7) is 1.97. The summed E-state index contributed by atoms with van der Waals surface area (Å²) in [7, 11) is 0. The first kappa shape index (κ1) is 18.3. The van der Waals surface area contributed by atoms with Crippen molar-refractivity contribution in [3.05, 3.63) is 45.0 Å². The summed E-state index contributed by atoms with van der Waals surface area (Å²) in [4.78, 5) is 24.8. The molecule has 5 nitrogen and oxygen atoms in total. The highest BCUT2D eigenvalue weighted by Crippen LogP contribution is 2.31. The number of aryl methyl sites for hydroxylation is 1. The Morgan fingerprint density at radius 2 is 2.04 bits per heavy atom. The maximum absolute atomic E-state index is 13.1. The second-order valence-electron chi connectivity index (χ2n) is 6.38.